The van der Waals surface area contributed by atoms with E-state index in [2.05, 4.69) is 0 Å². The number of hydrogen-bond acceptors (Lipinski definition) is 5. The quantitative estimate of drug-likeness (QED) is 0.613. The molecule has 2 rings (SSSR count). The Bertz CT molecular complexity index is 763. The Kier molecular flexibility index (Phi) is 7.95. The number of para-hydroxylation sites is 1. The summed E-state index contributed by atoms with van der Waals surface area (Å²) in [4.78, 5) is 25.3. The average molecular weight is 392 g/mol. The van der Waals surface area contributed by atoms with Crippen LogP contribution in [-0.2, 0) is 20.9 Å². The van der Waals surface area contributed by atoms with Crippen molar-refractivity contribution in [1.29, 1.82) is 0 Å². The Morgan fingerprint density at radius 1 is 1.00 bits per heavy atom. The molecule has 27 heavy (non-hydrogen) atoms. The van der Waals surface area contributed by atoms with Crippen molar-refractivity contribution >= 4 is 23.5 Å². The molecule has 6 nitrogen and oxygen atoms in total. The number of amides is 1. The molecule has 0 aliphatic heterocycles. The van der Waals surface area contributed by atoms with Gasteiger partial charge in [-0.2, -0.15) is 0 Å². The molecular weight excluding hydrogens is 370 g/mol. The van der Waals surface area contributed by atoms with Crippen molar-refractivity contribution < 1.29 is 23.8 Å². The van der Waals surface area contributed by atoms with E-state index in [0.717, 1.165) is 11.3 Å². The van der Waals surface area contributed by atoms with Crippen LogP contribution in [0.3, 0.4) is 0 Å². The Labute approximate surface area is 163 Å². The number of hydrogen-bond donors (Lipinski definition) is 0. The second-order valence-corrected chi connectivity index (χ2v) is 6.11. The number of nitrogens with zero attached hydrogens (tertiary/aromatic N) is 1. The summed E-state index contributed by atoms with van der Waals surface area (Å²) in [6.45, 7) is 2.25. The van der Waals surface area contributed by atoms with Gasteiger partial charge in [-0.05, 0) is 36.8 Å². The summed E-state index contributed by atoms with van der Waals surface area (Å²) in [7, 11) is 1.65. The minimum Gasteiger partial charge on any atom is -0.494 e. The van der Waals surface area contributed by atoms with Gasteiger partial charge in [0.05, 0.1) is 11.6 Å². The van der Waals surface area contributed by atoms with E-state index in [4.69, 9.17) is 25.8 Å². The van der Waals surface area contributed by atoms with Crippen LogP contribution < -0.4 is 9.47 Å². The molecule has 0 bridgehead atoms. The average Bonchev–Trinajstić information content (AvgIpc) is 2.67. The second kappa shape index (κ2) is 10.4. The standard InChI is InChI=1S/C20H22ClNO5/c1-3-25-16-10-8-15(9-11-16)12-22(2)19(23)13-27-20(24)14-26-18-7-5-4-6-17(18)21/h4-11H,3,12-14H2,1-2H3. The molecule has 0 radical (unpaired) electrons. The summed E-state index contributed by atoms with van der Waals surface area (Å²) in [6, 6.07) is 14.3. The van der Waals surface area contributed by atoms with Gasteiger partial charge in [-0.15, -0.1) is 0 Å². The summed E-state index contributed by atoms with van der Waals surface area (Å²) in [5.74, 6) is 0.213. The van der Waals surface area contributed by atoms with E-state index in [9.17, 15) is 9.59 Å². The molecule has 0 fully saturated rings. The number of halogens is 1. The smallest absolute Gasteiger partial charge is 0.344 e. The highest BCUT2D eigenvalue weighted by atomic mass is 35.5. The first-order valence-corrected chi connectivity index (χ1v) is 8.86. The molecule has 0 N–H and O–H groups in total. The maximum absolute atomic E-state index is 12.1. The van der Waals surface area contributed by atoms with Crippen LogP contribution in [0.1, 0.15) is 12.5 Å². The van der Waals surface area contributed by atoms with Gasteiger partial charge in [0, 0.05) is 13.6 Å². The topological polar surface area (TPSA) is 65.1 Å². The SMILES string of the molecule is CCOc1ccc(CN(C)C(=O)COC(=O)COc2ccccc2Cl)cc1. The normalized spacial score (nSPS) is 10.2. The summed E-state index contributed by atoms with van der Waals surface area (Å²) in [6.07, 6.45) is 0. The van der Waals surface area contributed by atoms with Gasteiger partial charge in [-0.1, -0.05) is 35.9 Å². The van der Waals surface area contributed by atoms with Crippen LogP contribution in [-0.4, -0.2) is 43.6 Å². The Balaban J connectivity index is 1.73. The predicted molar refractivity (Wildman–Crippen MR) is 102 cm³/mol. The molecule has 0 aliphatic carbocycles. The van der Waals surface area contributed by atoms with Crippen LogP contribution in [0.25, 0.3) is 0 Å². The molecule has 7 heteroatoms. The summed E-state index contributed by atoms with van der Waals surface area (Å²) >= 11 is 5.94. The van der Waals surface area contributed by atoms with E-state index in [1.54, 1.807) is 31.3 Å². The van der Waals surface area contributed by atoms with Crippen LogP contribution in [0.5, 0.6) is 11.5 Å². The number of carbonyl (C=O) groups excluding carboxylic acids is 2. The number of ether oxygens (including phenoxy) is 3. The van der Waals surface area contributed by atoms with Crippen molar-refractivity contribution in [3.8, 4) is 11.5 Å². The summed E-state index contributed by atoms with van der Waals surface area (Å²) < 4.78 is 15.6. The third-order valence-electron chi connectivity index (χ3n) is 3.62. The van der Waals surface area contributed by atoms with Crippen LogP contribution in [0.4, 0.5) is 0 Å². The maximum atomic E-state index is 12.1. The van der Waals surface area contributed by atoms with Crippen LogP contribution in [0, 0.1) is 0 Å². The first kappa shape index (κ1) is 20.6. The highest BCUT2D eigenvalue weighted by Crippen LogP contribution is 2.22. The lowest BCUT2D eigenvalue weighted by atomic mass is 10.2. The highest BCUT2D eigenvalue weighted by molar-refractivity contribution is 6.32. The maximum Gasteiger partial charge on any atom is 0.344 e. The first-order chi connectivity index (χ1) is 13.0. The Hall–Kier alpha value is -2.73. The largest absolute Gasteiger partial charge is 0.494 e. The monoisotopic (exact) mass is 391 g/mol. The Morgan fingerprint density at radius 2 is 1.70 bits per heavy atom. The van der Waals surface area contributed by atoms with Crippen molar-refractivity contribution in [2.24, 2.45) is 0 Å². The molecule has 144 valence electrons. The van der Waals surface area contributed by atoms with Crippen LogP contribution in [0.15, 0.2) is 48.5 Å². The fraction of sp³-hybridized carbons (Fsp3) is 0.300. The third-order valence-corrected chi connectivity index (χ3v) is 3.93. The van der Waals surface area contributed by atoms with Gasteiger partial charge >= 0.3 is 5.97 Å². The first-order valence-electron chi connectivity index (χ1n) is 8.48. The van der Waals surface area contributed by atoms with E-state index in [1.807, 2.05) is 31.2 Å². The van der Waals surface area contributed by atoms with E-state index < -0.39 is 5.97 Å². The predicted octanol–water partition coefficient (Wildman–Crippen LogP) is 3.32. The van der Waals surface area contributed by atoms with Crippen LogP contribution >= 0.6 is 11.6 Å². The lowest BCUT2D eigenvalue weighted by Crippen LogP contribution is -2.31. The molecule has 0 aliphatic rings. The molecule has 0 aromatic heterocycles. The van der Waals surface area contributed by atoms with Crippen LogP contribution in [0.2, 0.25) is 5.02 Å². The van der Waals surface area contributed by atoms with Crippen molar-refractivity contribution in [1.82, 2.24) is 4.90 Å². The summed E-state index contributed by atoms with van der Waals surface area (Å²) in [5, 5.41) is 0.400. The van der Waals surface area contributed by atoms with Gasteiger partial charge in [0.1, 0.15) is 11.5 Å². The fourth-order valence-corrected chi connectivity index (χ4v) is 2.40. The van der Waals surface area contributed by atoms with Gasteiger partial charge in [0.15, 0.2) is 13.2 Å². The molecular formula is C20H22ClNO5. The number of carbonyl (C=O) groups is 2. The zero-order chi connectivity index (χ0) is 19.6. The molecule has 0 unspecified atom stereocenters. The minimum absolute atomic E-state index is 0.310. The van der Waals surface area contributed by atoms with Gasteiger partial charge in [-0.25, -0.2) is 4.79 Å². The van der Waals surface area contributed by atoms with E-state index >= 15 is 0 Å². The van der Waals surface area contributed by atoms with Crippen molar-refractivity contribution in [2.75, 3.05) is 26.9 Å². The minimum atomic E-state index is -0.641. The van der Waals surface area contributed by atoms with Gasteiger partial charge < -0.3 is 19.1 Å². The molecule has 0 saturated carbocycles. The van der Waals surface area contributed by atoms with E-state index in [1.165, 1.54) is 4.90 Å². The number of benzene rings is 2. The van der Waals surface area contributed by atoms with Crippen molar-refractivity contribution in [3.63, 3.8) is 0 Å². The van der Waals surface area contributed by atoms with E-state index in [0.29, 0.717) is 23.9 Å². The lowest BCUT2D eigenvalue weighted by Gasteiger charge is -2.17. The molecule has 0 spiro atoms. The third kappa shape index (κ3) is 6.83. The van der Waals surface area contributed by atoms with Gasteiger partial charge in [0.2, 0.25) is 0 Å². The lowest BCUT2D eigenvalue weighted by molar-refractivity contribution is -0.153. The van der Waals surface area contributed by atoms with Crippen molar-refractivity contribution in [3.05, 3.63) is 59.1 Å². The number of esters is 1. The van der Waals surface area contributed by atoms with Crippen molar-refractivity contribution in [2.45, 2.75) is 13.5 Å². The molecule has 1 amide bonds. The summed E-state index contributed by atoms with van der Waals surface area (Å²) in [5.41, 5.74) is 0.947. The Morgan fingerprint density at radius 3 is 2.37 bits per heavy atom. The zero-order valence-electron chi connectivity index (χ0n) is 15.3. The zero-order valence-corrected chi connectivity index (χ0v) is 16.1. The molecule has 0 heterocycles. The second-order valence-electron chi connectivity index (χ2n) is 5.71. The molecule has 0 atom stereocenters. The van der Waals surface area contributed by atoms with Gasteiger partial charge in [0.25, 0.3) is 5.91 Å². The number of rotatable bonds is 9. The molecule has 0 saturated heterocycles. The van der Waals surface area contributed by atoms with Gasteiger partial charge in [-0.3, -0.25) is 4.79 Å². The fourth-order valence-electron chi connectivity index (χ4n) is 2.21. The van der Waals surface area contributed by atoms with E-state index in [-0.39, 0.29) is 19.1 Å². The highest BCUT2D eigenvalue weighted by Gasteiger charge is 2.13. The number of likely N-dealkylation sites (N-methyl/N-ethyl adjacent to an activating group) is 1. The molecule has 2 aromatic rings. The molecule has 2 aromatic carbocycles.